The number of nitrogens with zero attached hydrogens (tertiary/aromatic N) is 4. The van der Waals surface area contributed by atoms with Crippen molar-refractivity contribution in [3.8, 4) is 11.3 Å². The Labute approximate surface area is 210 Å². The third-order valence-corrected chi connectivity index (χ3v) is 4.95. The number of nitrogens with one attached hydrogen (secondary N) is 2. The molecule has 2 aromatic rings. The van der Waals surface area contributed by atoms with Crippen molar-refractivity contribution in [1.82, 2.24) is 25.3 Å². The fourth-order valence-electron chi connectivity index (χ4n) is 2.97. The van der Waals surface area contributed by atoms with E-state index in [-0.39, 0.29) is 0 Å². The first-order chi connectivity index (χ1) is 16.8. The summed E-state index contributed by atoms with van der Waals surface area (Å²) in [7, 11) is 0. The molecule has 1 aliphatic carbocycles. The first-order valence-electron chi connectivity index (χ1n) is 11.8. The van der Waals surface area contributed by atoms with Crippen LogP contribution in [0.15, 0.2) is 18.5 Å². The van der Waals surface area contributed by atoms with Crippen molar-refractivity contribution in [3.05, 3.63) is 23.6 Å². The van der Waals surface area contributed by atoms with Crippen LogP contribution in [0.3, 0.4) is 0 Å². The predicted molar refractivity (Wildman–Crippen MR) is 132 cm³/mol. The topological polar surface area (TPSA) is 122 Å². The molecule has 12 heteroatoms. The van der Waals surface area contributed by atoms with Gasteiger partial charge in [-0.05, 0) is 39.7 Å². The van der Waals surface area contributed by atoms with Crippen LogP contribution in [0.4, 0.5) is 10.5 Å². The second kappa shape index (κ2) is 13.6. The molecule has 11 nitrogen and oxygen atoms in total. The molecular weight excluding hydrogens is 476 g/mol. The maximum atomic E-state index is 11.5. The molecule has 1 saturated carbocycles. The summed E-state index contributed by atoms with van der Waals surface area (Å²) in [4.78, 5) is 15.7. The van der Waals surface area contributed by atoms with Crippen LogP contribution >= 0.6 is 11.6 Å². The molecule has 0 aliphatic heterocycles. The molecule has 35 heavy (non-hydrogen) atoms. The number of carbonyl (C=O) groups is 1. The normalized spacial score (nSPS) is 13.6. The van der Waals surface area contributed by atoms with E-state index in [1.165, 1.54) is 0 Å². The minimum absolute atomic E-state index is 0.384. The van der Waals surface area contributed by atoms with Gasteiger partial charge in [-0.2, -0.15) is 0 Å². The number of hydrogen-bond acceptors (Lipinski definition) is 9. The number of halogens is 1. The Hall–Kier alpha value is -2.47. The van der Waals surface area contributed by atoms with Crippen LogP contribution in [0, 0.1) is 0 Å². The Morgan fingerprint density at radius 2 is 1.80 bits per heavy atom. The van der Waals surface area contributed by atoms with Gasteiger partial charge < -0.3 is 29.6 Å². The largest absolute Gasteiger partial charge is 0.444 e. The van der Waals surface area contributed by atoms with Crippen molar-refractivity contribution < 1.29 is 23.7 Å². The molecule has 0 radical (unpaired) electrons. The molecule has 2 N–H and O–H groups in total. The molecule has 1 fully saturated rings. The highest BCUT2D eigenvalue weighted by molar-refractivity contribution is 6.29. The van der Waals surface area contributed by atoms with Crippen LogP contribution in [0.1, 0.15) is 33.6 Å². The lowest BCUT2D eigenvalue weighted by atomic mass is 10.2. The molecule has 0 spiro atoms. The van der Waals surface area contributed by atoms with Gasteiger partial charge in [-0.1, -0.05) is 16.8 Å². The summed E-state index contributed by atoms with van der Waals surface area (Å²) in [5.74, 6) is 0. The van der Waals surface area contributed by atoms with E-state index in [1.807, 2.05) is 33.0 Å². The zero-order chi connectivity index (χ0) is 25.1. The third-order valence-electron chi connectivity index (χ3n) is 4.75. The van der Waals surface area contributed by atoms with Crippen molar-refractivity contribution in [2.24, 2.45) is 0 Å². The third kappa shape index (κ3) is 10.8. The zero-order valence-electron chi connectivity index (χ0n) is 20.6. The van der Waals surface area contributed by atoms with Gasteiger partial charge in [-0.15, -0.1) is 5.10 Å². The maximum Gasteiger partial charge on any atom is 0.407 e. The van der Waals surface area contributed by atoms with Gasteiger partial charge in [0.15, 0.2) is 0 Å². The summed E-state index contributed by atoms with van der Waals surface area (Å²) in [6.45, 7) is 9.13. The highest BCUT2D eigenvalue weighted by Crippen LogP contribution is 2.32. The molecule has 0 aromatic carbocycles. The number of ether oxygens (including phenoxy) is 4. The number of amides is 1. The maximum absolute atomic E-state index is 11.5. The Morgan fingerprint density at radius 1 is 1.11 bits per heavy atom. The zero-order valence-corrected chi connectivity index (χ0v) is 21.3. The molecule has 0 atom stereocenters. The summed E-state index contributed by atoms with van der Waals surface area (Å²) in [6, 6.07) is 2.31. The van der Waals surface area contributed by atoms with E-state index < -0.39 is 11.7 Å². The van der Waals surface area contributed by atoms with Crippen LogP contribution in [0.2, 0.25) is 5.15 Å². The van der Waals surface area contributed by atoms with Gasteiger partial charge in [0, 0.05) is 30.0 Å². The summed E-state index contributed by atoms with van der Waals surface area (Å²) < 4.78 is 23.4. The number of hydrogen-bond donors (Lipinski definition) is 2. The van der Waals surface area contributed by atoms with Crippen molar-refractivity contribution in [2.45, 2.75) is 51.8 Å². The fraction of sp³-hybridized carbons (Fsp3) is 0.652. The first kappa shape index (κ1) is 27.1. The lowest BCUT2D eigenvalue weighted by molar-refractivity contribution is 0.0122. The number of pyridine rings is 1. The van der Waals surface area contributed by atoms with Gasteiger partial charge in [0.1, 0.15) is 16.4 Å². The van der Waals surface area contributed by atoms with Gasteiger partial charge in [0.05, 0.1) is 52.4 Å². The average molecular weight is 511 g/mol. The minimum Gasteiger partial charge on any atom is -0.444 e. The number of anilines is 1. The molecule has 1 aliphatic rings. The van der Waals surface area contributed by atoms with E-state index in [0.717, 1.165) is 29.8 Å². The quantitative estimate of drug-likeness (QED) is 0.275. The van der Waals surface area contributed by atoms with Crippen molar-refractivity contribution in [1.29, 1.82) is 0 Å². The summed E-state index contributed by atoms with van der Waals surface area (Å²) in [5.41, 5.74) is 2.04. The van der Waals surface area contributed by atoms with Crippen molar-refractivity contribution >= 4 is 23.4 Å². The molecule has 2 heterocycles. The standard InChI is InChI=1S/C23H35ClN6O5/c1-23(2,3)35-22(31)25-6-8-32-10-12-34-13-11-33-9-7-30-16-20(28-29-30)18-15-26-21(24)14-19(18)27-17-4-5-17/h14-17H,4-13H2,1-3H3,(H,25,31)(H,26,27). The SMILES string of the molecule is CC(C)(C)OC(=O)NCCOCCOCCOCCn1cc(-c2cnc(Cl)cc2NC2CC2)nn1. The molecule has 1 amide bonds. The predicted octanol–water partition coefficient (Wildman–Crippen LogP) is 3.14. The van der Waals surface area contributed by atoms with Crippen LogP contribution in [0.5, 0.6) is 0 Å². The summed E-state index contributed by atoms with van der Waals surface area (Å²) in [6.07, 6.45) is 5.46. The molecule has 0 saturated heterocycles. The Kier molecular flexibility index (Phi) is 10.5. The number of alkyl carbamates (subject to hydrolysis) is 1. The van der Waals surface area contributed by atoms with E-state index in [4.69, 9.17) is 30.5 Å². The van der Waals surface area contributed by atoms with E-state index in [1.54, 1.807) is 10.9 Å². The Morgan fingerprint density at radius 3 is 2.49 bits per heavy atom. The fourth-order valence-corrected chi connectivity index (χ4v) is 3.13. The molecule has 2 aromatic heterocycles. The van der Waals surface area contributed by atoms with Gasteiger partial charge in [-0.3, -0.25) is 0 Å². The lowest BCUT2D eigenvalue weighted by Gasteiger charge is -2.19. The number of rotatable bonds is 15. The van der Waals surface area contributed by atoms with E-state index in [9.17, 15) is 4.79 Å². The van der Waals surface area contributed by atoms with Crippen LogP contribution in [-0.4, -0.2) is 83.9 Å². The van der Waals surface area contributed by atoms with Crippen molar-refractivity contribution in [3.63, 3.8) is 0 Å². The monoisotopic (exact) mass is 510 g/mol. The number of aromatic nitrogens is 4. The Bertz CT molecular complexity index is 931. The first-order valence-corrected chi connectivity index (χ1v) is 12.2. The molecule has 194 valence electrons. The highest BCUT2D eigenvalue weighted by Gasteiger charge is 2.23. The van der Waals surface area contributed by atoms with E-state index >= 15 is 0 Å². The van der Waals surface area contributed by atoms with E-state index in [0.29, 0.717) is 63.9 Å². The summed E-state index contributed by atoms with van der Waals surface area (Å²) in [5, 5.41) is 15.0. The van der Waals surface area contributed by atoms with Gasteiger partial charge in [-0.25, -0.2) is 14.5 Å². The number of carbonyl (C=O) groups excluding carboxylic acids is 1. The summed E-state index contributed by atoms with van der Waals surface area (Å²) >= 11 is 6.06. The van der Waals surface area contributed by atoms with Crippen LogP contribution in [-0.2, 0) is 25.5 Å². The second-order valence-electron chi connectivity index (χ2n) is 9.10. The van der Waals surface area contributed by atoms with Gasteiger partial charge in [0.2, 0.25) is 0 Å². The van der Waals surface area contributed by atoms with Gasteiger partial charge in [0.25, 0.3) is 0 Å². The van der Waals surface area contributed by atoms with E-state index in [2.05, 4.69) is 25.9 Å². The smallest absolute Gasteiger partial charge is 0.407 e. The molecular formula is C23H35ClN6O5. The highest BCUT2D eigenvalue weighted by atomic mass is 35.5. The minimum atomic E-state index is -0.509. The molecule has 0 unspecified atom stereocenters. The van der Waals surface area contributed by atoms with Crippen LogP contribution < -0.4 is 10.6 Å². The van der Waals surface area contributed by atoms with Gasteiger partial charge >= 0.3 is 6.09 Å². The molecule has 0 bridgehead atoms. The Balaban J connectivity index is 1.21. The van der Waals surface area contributed by atoms with Crippen molar-refractivity contribution in [2.75, 3.05) is 51.5 Å². The molecule has 3 rings (SSSR count). The lowest BCUT2D eigenvalue weighted by Crippen LogP contribution is -2.34. The average Bonchev–Trinajstić information content (AvgIpc) is 3.47. The second-order valence-corrected chi connectivity index (χ2v) is 9.49. The van der Waals surface area contributed by atoms with Crippen LogP contribution in [0.25, 0.3) is 11.3 Å².